The number of hydrogen-bond acceptors (Lipinski definition) is 5. The maximum absolute atomic E-state index is 12.4. The standard InChI is InChI=1S/C17H21N3O4/c1-20(2)14-7-6-12(19-17(22)15-5-4-9-24-15)11-13(14)16(21)18-8-10-23-3/h4-7,9,11H,8,10H2,1-3H3,(H,18,21)(H,19,22). The van der Waals surface area contributed by atoms with Crippen molar-refractivity contribution in [3.05, 3.63) is 47.9 Å². The molecule has 2 N–H and O–H groups in total. The van der Waals surface area contributed by atoms with Crippen LogP contribution in [0.2, 0.25) is 0 Å². The van der Waals surface area contributed by atoms with Crippen molar-refractivity contribution in [1.82, 2.24) is 5.32 Å². The molecule has 24 heavy (non-hydrogen) atoms. The fourth-order valence-electron chi connectivity index (χ4n) is 2.15. The number of anilines is 2. The predicted molar refractivity (Wildman–Crippen MR) is 91.6 cm³/mol. The first-order valence-corrected chi connectivity index (χ1v) is 7.46. The van der Waals surface area contributed by atoms with Crippen LogP contribution in [-0.2, 0) is 4.74 Å². The predicted octanol–water partition coefficient (Wildman–Crippen LogP) is 1.97. The largest absolute Gasteiger partial charge is 0.459 e. The molecule has 0 saturated carbocycles. The average molecular weight is 331 g/mol. The summed E-state index contributed by atoms with van der Waals surface area (Å²) in [5.41, 5.74) is 1.73. The number of nitrogens with zero attached hydrogens (tertiary/aromatic N) is 1. The number of nitrogens with one attached hydrogen (secondary N) is 2. The van der Waals surface area contributed by atoms with Gasteiger partial charge in [0.15, 0.2) is 5.76 Å². The molecule has 1 aromatic heterocycles. The quantitative estimate of drug-likeness (QED) is 0.758. The van der Waals surface area contributed by atoms with Crippen molar-refractivity contribution in [3.8, 4) is 0 Å². The fraction of sp³-hybridized carbons (Fsp3) is 0.294. The first kappa shape index (κ1) is 17.6. The first-order chi connectivity index (χ1) is 11.5. The van der Waals surface area contributed by atoms with E-state index in [-0.39, 0.29) is 17.6 Å². The Morgan fingerprint density at radius 2 is 2.00 bits per heavy atom. The molecule has 0 saturated heterocycles. The third-order valence-corrected chi connectivity index (χ3v) is 3.32. The van der Waals surface area contributed by atoms with Crippen LogP contribution in [0, 0.1) is 0 Å². The van der Waals surface area contributed by atoms with Gasteiger partial charge in [0.2, 0.25) is 0 Å². The van der Waals surface area contributed by atoms with Crippen LogP contribution < -0.4 is 15.5 Å². The van der Waals surface area contributed by atoms with Crippen molar-refractivity contribution in [2.24, 2.45) is 0 Å². The topological polar surface area (TPSA) is 83.8 Å². The molecule has 0 unspecified atom stereocenters. The number of furan rings is 1. The van der Waals surface area contributed by atoms with Crippen LogP contribution in [-0.4, -0.2) is 46.2 Å². The zero-order valence-electron chi connectivity index (χ0n) is 14.0. The lowest BCUT2D eigenvalue weighted by Gasteiger charge is -2.18. The Morgan fingerprint density at radius 3 is 2.62 bits per heavy atom. The summed E-state index contributed by atoms with van der Waals surface area (Å²) < 4.78 is 9.99. The summed E-state index contributed by atoms with van der Waals surface area (Å²) in [7, 11) is 5.27. The number of amides is 2. The van der Waals surface area contributed by atoms with Crippen molar-refractivity contribution >= 4 is 23.2 Å². The number of benzene rings is 1. The van der Waals surface area contributed by atoms with E-state index in [4.69, 9.17) is 9.15 Å². The molecule has 7 nitrogen and oxygen atoms in total. The Labute approximate surface area is 140 Å². The van der Waals surface area contributed by atoms with Gasteiger partial charge in [-0.05, 0) is 30.3 Å². The summed E-state index contributed by atoms with van der Waals surface area (Å²) in [6.45, 7) is 0.836. The summed E-state index contributed by atoms with van der Waals surface area (Å²) in [6, 6.07) is 8.37. The van der Waals surface area contributed by atoms with Gasteiger partial charge in [0.05, 0.1) is 18.4 Å². The van der Waals surface area contributed by atoms with Gasteiger partial charge in [0.1, 0.15) is 0 Å². The van der Waals surface area contributed by atoms with Gasteiger partial charge in [-0.15, -0.1) is 0 Å². The molecule has 2 rings (SSSR count). The lowest BCUT2D eigenvalue weighted by Crippen LogP contribution is -2.28. The van der Waals surface area contributed by atoms with Gasteiger partial charge in [0, 0.05) is 39.1 Å². The molecular formula is C17H21N3O4. The van der Waals surface area contributed by atoms with E-state index in [1.54, 1.807) is 37.4 Å². The highest BCUT2D eigenvalue weighted by molar-refractivity contribution is 6.05. The van der Waals surface area contributed by atoms with Crippen LogP contribution in [0.15, 0.2) is 41.0 Å². The highest BCUT2D eigenvalue weighted by Gasteiger charge is 2.15. The molecule has 2 amide bonds. The van der Waals surface area contributed by atoms with Crippen molar-refractivity contribution in [1.29, 1.82) is 0 Å². The number of hydrogen-bond donors (Lipinski definition) is 2. The lowest BCUT2D eigenvalue weighted by atomic mass is 10.1. The second-order valence-electron chi connectivity index (χ2n) is 5.31. The Morgan fingerprint density at radius 1 is 1.21 bits per heavy atom. The third-order valence-electron chi connectivity index (χ3n) is 3.32. The van der Waals surface area contributed by atoms with Gasteiger partial charge in [-0.3, -0.25) is 9.59 Å². The monoisotopic (exact) mass is 331 g/mol. The van der Waals surface area contributed by atoms with Gasteiger partial charge < -0.3 is 24.7 Å². The van der Waals surface area contributed by atoms with Crippen molar-refractivity contribution in [2.45, 2.75) is 0 Å². The molecule has 0 aliphatic carbocycles. The van der Waals surface area contributed by atoms with E-state index in [2.05, 4.69) is 10.6 Å². The Balaban J connectivity index is 2.20. The summed E-state index contributed by atoms with van der Waals surface area (Å²) >= 11 is 0. The molecule has 0 bridgehead atoms. The molecule has 0 aliphatic rings. The van der Waals surface area contributed by atoms with E-state index >= 15 is 0 Å². The second kappa shape index (κ2) is 8.16. The summed E-state index contributed by atoms with van der Waals surface area (Å²) in [6.07, 6.45) is 1.43. The third kappa shape index (κ3) is 4.36. The normalized spacial score (nSPS) is 10.3. The van der Waals surface area contributed by atoms with Crippen LogP contribution in [0.4, 0.5) is 11.4 Å². The molecule has 128 valence electrons. The highest BCUT2D eigenvalue weighted by Crippen LogP contribution is 2.23. The molecule has 0 fully saturated rings. The SMILES string of the molecule is COCCNC(=O)c1cc(NC(=O)c2ccco2)ccc1N(C)C. The van der Waals surface area contributed by atoms with Gasteiger partial charge in [-0.2, -0.15) is 0 Å². The molecule has 0 radical (unpaired) electrons. The summed E-state index contributed by atoms with van der Waals surface area (Å²) in [5.74, 6) is -0.397. The minimum absolute atomic E-state index is 0.206. The smallest absolute Gasteiger partial charge is 0.291 e. The summed E-state index contributed by atoms with van der Waals surface area (Å²) in [5, 5.41) is 5.50. The number of methoxy groups -OCH3 is 1. The zero-order chi connectivity index (χ0) is 17.5. The van der Waals surface area contributed by atoms with Crippen molar-refractivity contribution in [2.75, 3.05) is 44.6 Å². The maximum atomic E-state index is 12.4. The molecular weight excluding hydrogens is 310 g/mol. The van der Waals surface area contributed by atoms with Gasteiger partial charge in [-0.25, -0.2) is 0 Å². The number of carbonyl (C=O) groups is 2. The second-order valence-corrected chi connectivity index (χ2v) is 5.31. The minimum atomic E-state index is -0.372. The average Bonchev–Trinajstić information content (AvgIpc) is 3.09. The van der Waals surface area contributed by atoms with Crippen LogP contribution >= 0.6 is 0 Å². The number of rotatable bonds is 7. The Hall–Kier alpha value is -2.80. The van der Waals surface area contributed by atoms with Crippen LogP contribution in [0.1, 0.15) is 20.9 Å². The minimum Gasteiger partial charge on any atom is -0.459 e. The fourth-order valence-corrected chi connectivity index (χ4v) is 2.15. The van der Waals surface area contributed by atoms with Crippen molar-refractivity contribution < 1.29 is 18.7 Å². The molecule has 1 heterocycles. The molecule has 0 atom stereocenters. The van der Waals surface area contributed by atoms with Crippen LogP contribution in [0.3, 0.4) is 0 Å². The summed E-state index contributed by atoms with van der Waals surface area (Å²) in [4.78, 5) is 26.3. The molecule has 0 aliphatic heterocycles. The Bertz CT molecular complexity index is 696. The molecule has 7 heteroatoms. The molecule has 1 aromatic carbocycles. The van der Waals surface area contributed by atoms with E-state index in [1.807, 2.05) is 19.0 Å². The zero-order valence-corrected chi connectivity index (χ0v) is 14.0. The first-order valence-electron chi connectivity index (χ1n) is 7.46. The van der Waals surface area contributed by atoms with E-state index in [0.717, 1.165) is 5.69 Å². The van der Waals surface area contributed by atoms with Crippen molar-refractivity contribution in [3.63, 3.8) is 0 Å². The number of carbonyl (C=O) groups excluding carboxylic acids is 2. The Kier molecular flexibility index (Phi) is 5.97. The molecule has 2 aromatic rings. The highest BCUT2D eigenvalue weighted by atomic mass is 16.5. The van der Waals surface area contributed by atoms with Crippen LogP contribution in [0.25, 0.3) is 0 Å². The van der Waals surface area contributed by atoms with E-state index in [0.29, 0.717) is 24.4 Å². The maximum Gasteiger partial charge on any atom is 0.291 e. The van der Waals surface area contributed by atoms with E-state index < -0.39 is 0 Å². The van der Waals surface area contributed by atoms with Gasteiger partial charge >= 0.3 is 0 Å². The van der Waals surface area contributed by atoms with Crippen LogP contribution in [0.5, 0.6) is 0 Å². The lowest BCUT2D eigenvalue weighted by molar-refractivity contribution is 0.0936. The number of ether oxygens (including phenoxy) is 1. The molecule has 0 spiro atoms. The van der Waals surface area contributed by atoms with Gasteiger partial charge in [0.25, 0.3) is 11.8 Å². The van der Waals surface area contributed by atoms with E-state index in [9.17, 15) is 9.59 Å². The van der Waals surface area contributed by atoms with Gasteiger partial charge in [-0.1, -0.05) is 0 Å². The van der Waals surface area contributed by atoms with E-state index in [1.165, 1.54) is 6.26 Å².